The second kappa shape index (κ2) is 7.63. The van der Waals surface area contributed by atoms with Crippen LogP contribution in [0.25, 0.3) is 0 Å². The number of likely N-dealkylation sites (tertiary alicyclic amines) is 1. The first-order valence-electron chi connectivity index (χ1n) is 8.72. The number of piperidine rings is 1. The molecule has 0 radical (unpaired) electrons. The van der Waals surface area contributed by atoms with Crippen LogP contribution in [0.5, 0.6) is 0 Å². The van der Waals surface area contributed by atoms with Crippen molar-refractivity contribution in [1.82, 2.24) is 9.80 Å². The molecule has 3 heteroatoms. The van der Waals surface area contributed by atoms with E-state index in [2.05, 4.69) is 36.2 Å². The summed E-state index contributed by atoms with van der Waals surface area (Å²) >= 11 is 0. The van der Waals surface area contributed by atoms with Crippen LogP contribution >= 0.6 is 0 Å². The molecule has 0 saturated carbocycles. The van der Waals surface area contributed by atoms with Gasteiger partial charge in [-0.1, -0.05) is 60.7 Å². The van der Waals surface area contributed by atoms with Crippen molar-refractivity contribution in [2.45, 2.75) is 24.8 Å². The molecule has 0 spiro atoms. The number of hydrogen-bond donors (Lipinski definition) is 0. The Balaban J connectivity index is 1.86. The van der Waals surface area contributed by atoms with Crippen molar-refractivity contribution in [3.63, 3.8) is 0 Å². The summed E-state index contributed by atoms with van der Waals surface area (Å²) in [4.78, 5) is 17.7. The van der Waals surface area contributed by atoms with Gasteiger partial charge < -0.3 is 9.80 Å². The minimum atomic E-state index is -0.225. The molecule has 1 aliphatic rings. The summed E-state index contributed by atoms with van der Waals surface area (Å²) in [6.07, 6.45) is 2.10. The molecule has 0 bridgehead atoms. The van der Waals surface area contributed by atoms with Gasteiger partial charge in [-0.25, -0.2) is 0 Å². The van der Waals surface area contributed by atoms with E-state index in [-0.39, 0.29) is 11.8 Å². The van der Waals surface area contributed by atoms with E-state index < -0.39 is 0 Å². The molecule has 1 saturated heterocycles. The van der Waals surface area contributed by atoms with Crippen molar-refractivity contribution < 1.29 is 4.79 Å². The topological polar surface area (TPSA) is 23.6 Å². The van der Waals surface area contributed by atoms with Crippen LogP contribution < -0.4 is 0 Å². The lowest BCUT2D eigenvalue weighted by molar-refractivity contribution is -0.133. The third-order valence-corrected chi connectivity index (χ3v) is 5.10. The van der Waals surface area contributed by atoms with Crippen LogP contribution in [0.3, 0.4) is 0 Å². The molecule has 126 valence electrons. The molecule has 2 aromatic rings. The van der Waals surface area contributed by atoms with Gasteiger partial charge in [0.25, 0.3) is 0 Å². The van der Waals surface area contributed by atoms with E-state index in [0.717, 1.165) is 37.1 Å². The van der Waals surface area contributed by atoms with Gasteiger partial charge in [0.2, 0.25) is 5.91 Å². The highest BCUT2D eigenvalue weighted by atomic mass is 16.2. The maximum atomic E-state index is 13.3. The zero-order valence-electron chi connectivity index (χ0n) is 14.6. The Morgan fingerprint density at radius 1 is 0.958 bits per heavy atom. The van der Waals surface area contributed by atoms with Gasteiger partial charge in [-0.2, -0.15) is 0 Å². The molecule has 2 aromatic carbocycles. The summed E-state index contributed by atoms with van der Waals surface area (Å²) in [6, 6.07) is 20.6. The van der Waals surface area contributed by atoms with E-state index in [1.54, 1.807) is 0 Å². The summed E-state index contributed by atoms with van der Waals surface area (Å²) in [5.41, 5.74) is 2.13. The fourth-order valence-electron chi connectivity index (χ4n) is 3.53. The number of carbonyl (C=O) groups is 1. The van der Waals surface area contributed by atoms with Gasteiger partial charge in [-0.05, 0) is 44.1 Å². The third kappa shape index (κ3) is 3.68. The molecule has 0 aliphatic carbocycles. The number of carbonyl (C=O) groups excluding carboxylic acids is 1. The summed E-state index contributed by atoms with van der Waals surface area (Å²) < 4.78 is 0. The standard InChI is InChI=1S/C21H26N2O/c1-22-15-13-19(14-16-22)23(2)21(24)20(17-9-5-3-6-10-17)18-11-7-4-8-12-18/h3-12,19-20H,13-16H2,1-2H3. The highest BCUT2D eigenvalue weighted by molar-refractivity contribution is 5.87. The lowest BCUT2D eigenvalue weighted by Crippen LogP contribution is -2.46. The number of likely N-dealkylation sites (N-methyl/N-ethyl adjacent to an activating group) is 1. The van der Waals surface area contributed by atoms with Crippen molar-refractivity contribution >= 4 is 5.91 Å². The number of hydrogen-bond acceptors (Lipinski definition) is 2. The maximum absolute atomic E-state index is 13.3. The van der Waals surface area contributed by atoms with E-state index in [1.165, 1.54) is 0 Å². The largest absolute Gasteiger partial charge is 0.342 e. The molecule has 1 heterocycles. The fraction of sp³-hybridized carbons (Fsp3) is 0.381. The van der Waals surface area contributed by atoms with E-state index in [9.17, 15) is 4.79 Å². The summed E-state index contributed by atoms with van der Waals surface area (Å²) in [5, 5.41) is 0. The Bertz CT molecular complexity index is 609. The molecule has 0 N–H and O–H groups in total. The molecule has 1 amide bonds. The summed E-state index contributed by atoms with van der Waals surface area (Å²) in [7, 11) is 4.12. The Kier molecular flexibility index (Phi) is 5.31. The highest BCUT2D eigenvalue weighted by Gasteiger charge is 2.30. The van der Waals surface area contributed by atoms with Gasteiger partial charge in [0.1, 0.15) is 0 Å². The van der Waals surface area contributed by atoms with E-state index in [4.69, 9.17) is 0 Å². The minimum absolute atomic E-state index is 0.196. The van der Waals surface area contributed by atoms with Crippen molar-refractivity contribution in [2.24, 2.45) is 0 Å². The van der Waals surface area contributed by atoms with Gasteiger partial charge >= 0.3 is 0 Å². The second-order valence-corrected chi connectivity index (χ2v) is 6.74. The smallest absolute Gasteiger partial charge is 0.234 e. The summed E-state index contributed by atoms with van der Waals surface area (Å²) in [5.74, 6) is -0.0287. The zero-order valence-corrected chi connectivity index (χ0v) is 14.6. The number of nitrogens with zero attached hydrogens (tertiary/aromatic N) is 2. The second-order valence-electron chi connectivity index (χ2n) is 6.74. The maximum Gasteiger partial charge on any atom is 0.234 e. The van der Waals surface area contributed by atoms with Gasteiger partial charge in [0.05, 0.1) is 5.92 Å². The Morgan fingerprint density at radius 3 is 1.88 bits per heavy atom. The van der Waals surface area contributed by atoms with Crippen LogP contribution in [0, 0.1) is 0 Å². The number of benzene rings is 2. The fourth-order valence-corrected chi connectivity index (χ4v) is 3.53. The van der Waals surface area contributed by atoms with Gasteiger partial charge in [0, 0.05) is 13.1 Å². The van der Waals surface area contributed by atoms with E-state index in [0.29, 0.717) is 6.04 Å². The van der Waals surface area contributed by atoms with E-state index >= 15 is 0 Å². The van der Waals surface area contributed by atoms with Crippen molar-refractivity contribution in [1.29, 1.82) is 0 Å². The van der Waals surface area contributed by atoms with Crippen LogP contribution in [0.1, 0.15) is 29.9 Å². The molecule has 1 aliphatic heterocycles. The average molecular weight is 322 g/mol. The minimum Gasteiger partial charge on any atom is -0.342 e. The quantitative estimate of drug-likeness (QED) is 0.861. The molecule has 0 unspecified atom stereocenters. The van der Waals surface area contributed by atoms with Crippen LogP contribution in [0.15, 0.2) is 60.7 Å². The number of rotatable bonds is 4. The van der Waals surface area contributed by atoms with Crippen LogP contribution in [0.4, 0.5) is 0 Å². The first-order chi connectivity index (χ1) is 11.7. The molecular weight excluding hydrogens is 296 g/mol. The van der Waals surface area contributed by atoms with Crippen LogP contribution in [-0.2, 0) is 4.79 Å². The molecule has 24 heavy (non-hydrogen) atoms. The predicted molar refractivity (Wildman–Crippen MR) is 98.0 cm³/mol. The molecule has 0 aromatic heterocycles. The summed E-state index contributed by atoms with van der Waals surface area (Å²) in [6.45, 7) is 2.12. The molecule has 3 nitrogen and oxygen atoms in total. The normalized spacial score (nSPS) is 16.3. The lowest BCUT2D eigenvalue weighted by Gasteiger charge is -2.37. The van der Waals surface area contributed by atoms with Gasteiger partial charge in [-0.3, -0.25) is 4.79 Å². The molecule has 1 fully saturated rings. The van der Waals surface area contributed by atoms with Gasteiger partial charge in [0.15, 0.2) is 0 Å². The average Bonchev–Trinajstić information content (AvgIpc) is 2.64. The van der Waals surface area contributed by atoms with Crippen LogP contribution in [-0.4, -0.2) is 48.9 Å². The van der Waals surface area contributed by atoms with Gasteiger partial charge in [-0.15, -0.1) is 0 Å². The monoisotopic (exact) mass is 322 g/mol. The van der Waals surface area contributed by atoms with Crippen molar-refractivity contribution in [3.8, 4) is 0 Å². The third-order valence-electron chi connectivity index (χ3n) is 5.10. The predicted octanol–water partition coefficient (Wildman–Crippen LogP) is 3.37. The van der Waals surface area contributed by atoms with E-state index in [1.807, 2.05) is 48.3 Å². The Hall–Kier alpha value is -2.13. The van der Waals surface area contributed by atoms with Crippen LogP contribution in [0.2, 0.25) is 0 Å². The molecular formula is C21H26N2O. The van der Waals surface area contributed by atoms with Crippen molar-refractivity contribution in [3.05, 3.63) is 71.8 Å². The first kappa shape index (κ1) is 16.7. The SMILES string of the molecule is CN1CCC(N(C)C(=O)C(c2ccccc2)c2ccccc2)CC1. The Labute approximate surface area is 144 Å². The molecule has 3 rings (SSSR count). The lowest BCUT2D eigenvalue weighted by atomic mass is 9.89. The van der Waals surface area contributed by atoms with Crippen molar-refractivity contribution in [2.75, 3.05) is 27.2 Å². The highest BCUT2D eigenvalue weighted by Crippen LogP contribution is 2.28. The first-order valence-corrected chi connectivity index (χ1v) is 8.72. The molecule has 0 atom stereocenters. The Morgan fingerprint density at radius 2 is 1.42 bits per heavy atom. The number of amides is 1. The zero-order chi connectivity index (χ0) is 16.9.